The van der Waals surface area contributed by atoms with Crippen molar-refractivity contribution in [3.8, 4) is 11.5 Å². The number of nitrogens with zero attached hydrogens (tertiary/aromatic N) is 3. The van der Waals surface area contributed by atoms with E-state index < -0.39 is 8.07 Å². The summed E-state index contributed by atoms with van der Waals surface area (Å²) < 4.78 is 7.76. The minimum atomic E-state index is -0.995. The Morgan fingerprint density at radius 1 is 1.24 bits per heavy atom. The lowest BCUT2D eigenvalue weighted by Crippen LogP contribution is -2.22. The Morgan fingerprint density at radius 3 is 2.76 bits per heavy atom. The Kier molecular flexibility index (Phi) is 3.59. The van der Waals surface area contributed by atoms with E-state index in [0.29, 0.717) is 6.73 Å². The van der Waals surface area contributed by atoms with Gasteiger partial charge in [-0.1, -0.05) is 19.6 Å². The molecule has 0 N–H and O–H groups in total. The van der Waals surface area contributed by atoms with Gasteiger partial charge in [-0.25, -0.2) is 9.97 Å². The molecule has 0 saturated carbocycles. The third kappa shape index (κ3) is 3.37. The molecule has 4 nitrogen and oxygen atoms in total. The Labute approximate surface area is 103 Å². The van der Waals surface area contributed by atoms with Gasteiger partial charge in [0.25, 0.3) is 0 Å². The van der Waals surface area contributed by atoms with Crippen LogP contribution in [0.1, 0.15) is 0 Å². The SMILES string of the molecule is C[Si](C)(C)CCOCn1ccnc2nccc1-2. The van der Waals surface area contributed by atoms with Crippen molar-refractivity contribution in [3.63, 3.8) is 0 Å². The molecule has 0 bridgehead atoms. The summed E-state index contributed by atoms with van der Waals surface area (Å²) >= 11 is 0. The molecule has 92 valence electrons. The monoisotopic (exact) mass is 249 g/mol. The fourth-order valence-corrected chi connectivity index (χ4v) is 2.32. The molecular formula is C12H19N3OSi. The average molecular weight is 249 g/mol. The summed E-state index contributed by atoms with van der Waals surface area (Å²) in [4.78, 5) is 8.35. The van der Waals surface area contributed by atoms with Crippen LogP contribution >= 0.6 is 0 Å². The van der Waals surface area contributed by atoms with Crippen molar-refractivity contribution in [1.82, 2.24) is 14.5 Å². The number of ether oxygens (including phenoxy) is 1. The minimum Gasteiger partial charge on any atom is -0.361 e. The third-order valence-corrected chi connectivity index (χ3v) is 4.34. The molecule has 0 aromatic heterocycles. The second kappa shape index (κ2) is 4.97. The van der Waals surface area contributed by atoms with Crippen LogP contribution in [0, 0.1) is 0 Å². The zero-order valence-electron chi connectivity index (χ0n) is 10.7. The van der Waals surface area contributed by atoms with E-state index in [-0.39, 0.29) is 0 Å². The quantitative estimate of drug-likeness (QED) is 0.604. The van der Waals surface area contributed by atoms with Gasteiger partial charge in [-0.3, -0.25) is 0 Å². The van der Waals surface area contributed by atoms with E-state index in [0.717, 1.165) is 18.1 Å². The molecule has 0 aromatic carbocycles. The fourth-order valence-electron chi connectivity index (χ4n) is 1.56. The zero-order chi connectivity index (χ0) is 12.3. The highest BCUT2D eigenvalue weighted by Gasteiger charge is 2.12. The molecule has 2 aliphatic heterocycles. The first-order chi connectivity index (χ1) is 8.06. The van der Waals surface area contributed by atoms with Crippen molar-refractivity contribution in [3.05, 3.63) is 24.7 Å². The van der Waals surface area contributed by atoms with Gasteiger partial charge in [0.1, 0.15) is 6.73 Å². The second-order valence-corrected chi connectivity index (χ2v) is 11.0. The summed E-state index contributed by atoms with van der Waals surface area (Å²) in [6.07, 6.45) is 5.46. The summed E-state index contributed by atoms with van der Waals surface area (Å²) in [7, 11) is -0.995. The van der Waals surface area contributed by atoms with Gasteiger partial charge >= 0.3 is 0 Å². The molecule has 2 rings (SSSR count). The minimum absolute atomic E-state index is 0.579. The average Bonchev–Trinajstić information content (AvgIpc) is 2.71. The topological polar surface area (TPSA) is 39.9 Å². The molecule has 0 aliphatic carbocycles. The molecule has 0 spiro atoms. The first-order valence-corrected chi connectivity index (χ1v) is 9.60. The standard InChI is InChI=1S/C12H19N3OSi/c1-17(2,3)9-8-16-10-15-7-6-14-12-11(15)4-5-13-12/h4-7H,8-10H2,1-3H3. The summed E-state index contributed by atoms with van der Waals surface area (Å²) in [5.41, 5.74) is 1.03. The normalized spacial score (nSPS) is 12.2. The van der Waals surface area contributed by atoms with Crippen LogP contribution < -0.4 is 0 Å². The Morgan fingerprint density at radius 2 is 2.00 bits per heavy atom. The highest BCUT2D eigenvalue weighted by atomic mass is 28.3. The Bertz CT molecular complexity index is 450. The Balaban J connectivity index is 1.90. The van der Waals surface area contributed by atoms with Crippen LogP contribution in [0.25, 0.3) is 11.5 Å². The van der Waals surface area contributed by atoms with Crippen molar-refractivity contribution in [2.75, 3.05) is 6.61 Å². The van der Waals surface area contributed by atoms with Crippen molar-refractivity contribution in [2.24, 2.45) is 0 Å². The summed E-state index contributed by atoms with van der Waals surface area (Å²) in [6, 6.07) is 3.16. The molecule has 0 radical (unpaired) electrons. The predicted octanol–water partition coefficient (Wildman–Crippen LogP) is 2.70. The van der Waals surface area contributed by atoms with Gasteiger partial charge in [0, 0.05) is 33.3 Å². The largest absolute Gasteiger partial charge is 0.361 e. The number of fused-ring (bicyclic) bond motifs is 1. The maximum Gasteiger partial charge on any atom is 0.176 e. The van der Waals surface area contributed by atoms with Crippen LogP contribution in [-0.2, 0) is 11.5 Å². The lowest BCUT2D eigenvalue weighted by molar-refractivity contribution is 0.0877. The van der Waals surface area contributed by atoms with E-state index >= 15 is 0 Å². The van der Waals surface area contributed by atoms with Gasteiger partial charge in [0.05, 0.1) is 5.69 Å². The van der Waals surface area contributed by atoms with Crippen LogP contribution in [0.5, 0.6) is 0 Å². The molecular weight excluding hydrogens is 230 g/mol. The zero-order valence-corrected chi connectivity index (χ0v) is 11.7. The lowest BCUT2D eigenvalue weighted by atomic mass is 10.4. The molecule has 0 saturated heterocycles. The smallest absolute Gasteiger partial charge is 0.176 e. The molecule has 2 heterocycles. The van der Waals surface area contributed by atoms with Crippen molar-refractivity contribution >= 4 is 8.07 Å². The van der Waals surface area contributed by atoms with Crippen LogP contribution in [0.2, 0.25) is 25.7 Å². The molecule has 0 fully saturated rings. The van der Waals surface area contributed by atoms with Crippen LogP contribution in [-0.4, -0.2) is 29.2 Å². The van der Waals surface area contributed by atoms with Gasteiger partial charge in [0.2, 0.25) is 0 Å². The highest BCUT2D eigenvalue weighted by Crippen LogP contribution is 2.16. The molecule has 2 aliphatic rings. The van der Waals surface area contributed by atoms with Crippen molar-refractivity contribution < 1.29 is 4.74 Å². The Hall–Kier alpha value is -1.20. The summed E-state index contributed by atoms with van der Waals surface area (Å²) in [6.45, 7) is 8.48. The fraction of sp³-hybridized carbons (Fsp3) is 0.500. The number of hydrogen-bond donors (Lipinski definition) is 0. The summed E-state index contributed by atoms with van der Waals surface area (Å²) in [5.74, 6) is 0.779. The lowest BCUT2D eigenvalue weighted by Gasteiger charge is -2.16. The number of aromatic nitrogens is 3. The van der Waals surface area contributed by atoms with Crippen LogP contribution in [0.15, 0.2) is 24.7 Å². The first kappa shape index (κ1) is 12.3. The number of hydrogen-bond acceptors (Lipinski definition) is 3. The second-order valence-electron chi connectivity index (χ2n) is 5.40. The third-order valence-electron chi connectivity index (χ3n) is 2.64. The summed E-state index contributed by atoms with van der Waals surface area (Å²) in [5, 5.41) is 0. The molecule has 5 heteroatoms. The highest BCUT2D eigenvalue weighted by molar-refractivity contribution is 6.76. The van der Waals surface area contributed by atoms with Gasteiger partial charge in [-0.15, -0.1) is 0 Å². The van der Waals surface area contributed by atoms with E-state index in [1.54, 1.807) is 12.4 Å². The molecule has 0 amide bonds. The van der Waals surface area contributed by atoms with E-state index in [1.807, 2.05) is 16.8 Å². The number of rotatable bonds is 5. The first-order valence-electron chi connectivity index (χ1n) is 5.90. The van der Waals surface area contributed by atoms with E-state index in [9.17, 15) is 0 Å². The molecule has 0 atom stereocenters. The maximum absolute atomic E-state index is 5.72. The van der Waals surface area contributed by atoms with E-state index in [4.69, 9.17) is 4.74 Å². The van der Waals surface area contributed by atoms with Crippen LogP contribution in [0.3, 0.4) is 0 Å². The van der Waals surface area contributed by atoms with Gasteiger partial charge < -0.3 is 9.30 Å². The predicted molar refractivity (Wildman–Crippen MR) is 70.7 cm³/mol. The van der Waals surface area contributed by atoms with Gasteiger partial charge in [0.15, 0.2) is 5.82 Å². The van der Waals surface area contributed by atoms with Crippen molar-refractivity contribution in [1.29, 1.82) is 0 Å². The van der Waals surface area contributed by atoms with E-state index in [1.165, 1.54) is 6.04 Å². The molecule has 17 heavy (non-hydrogen) atoms. The maximum atomic E-state index is 5.72. The molecule has 0 aromatic rings. The van der Waals surface area contributed by atoms with E-state index in [2.05, 4.69) is 29.6 Å². The van der Waals surface area contributed by atoms with Gasteiger partial charge in [-0.2, -0.15) is 0 Å². The van der Waals surface area contributed by atoms with Crippen molar-refractivity contribution in [2.45, 2.75) is 32.4 Å². The molecule has 0 unspecified atom stereocenters. The van der Waals surface area contributed by atoms with Crippen LogP contribution in [0.4, 0.5) is 0 Å². The van der Waals surface area contributed by atoms with Gasteiger partial charge in [-0.05, 0) is 12.1 Å².